The number of nitrogens with zero attached hydrogens (tertiary/aromatic N) is 3. The summed E-state index contributed by atoms with van der Waals surface area (Å²) < 4.78 is 14.3. The number of halogens is 2. The van der Waals surface area contributed by atoms with Gasteiger partial charge in [-0.15, -0.1) is 0 Å². The Labute approximate surface area is 198 Å². The first-order valence-corrected chi connectivity index (χ1v) is 11.6. The molecule has 31 heavy (non-hydrogen) atoms. The van der Waals surface area contributed by atoms with Crippen LogP contribution in [-0.4, -0.2) is 29.1 Å². The van der Waals surface area contributed by atoms with Crippen LogP contribution in [0, 0.1) is 0 Å². The van der Waals surface area contributed by atoms with E-state index >= 15 is 0 Å². The van der Waals surface area contributed by atoms with Crippen LogP contribution in [0.15, 0.2) is 49.2 Å². The van der Waals surface area contributed by atoms with Crippen LogP contribution < -0.4 is 15.0 Å². The second-order valence-electron chi connectivity index (χ2n) is 7.50. The van der Waals surface area contributed by atoms with Gasteiger partial charge in [0.15, 0.2) is 11.5 Å². The Balaban J connectivity index is 2.13. The van der Waals surface area contributed by atoms with E-state index in [9.17, 15) is 4.79 Å². The van der Waals surface area contributed by atoms with Crippen molar-refractivity contribution in [2.75, 3.05) is 7.11 Å². The van der Waals surface area contributed by atoms with Gasteiger partial charge in [0.05, 0.1) is 34.8 Å². The second kappa shape index (κ2) is 9.96. The van der Waals surface area contributed by atoms with Crippen LogP contribution in [0.5, 0.6) is 11.5 Å². The van der Waals surface area contributed by atoms with Crippen molar-refractivity contribution in [1.29, 1.82) is 0 Å². The lowest BCUT2D eigenvalue weighted by Crippen LogP contribution is -2.23. The zero-order valence-electron chi connectivity index (χ0n) is 18.1. The largest absolute Gasteiger partial charge is 0.493 e. The first kappa shape index (κ1) is 23.5. The molecular formula is C23H25Br2N3O3. The molecule has 1 heterocycles. The van der Waals surface area contributed by atoms with Gasteiger partial charge >= 0.3 is 0 Å². The average Bonchev–Trinajstić information content (AvgIpc) is 2.74. The van der Waals surface area contributed by atoms with E-state index in [0.29, 0.717) is 28.2 Å². The van der Waals surface area contributed by atoms with Gasteiger partial charge in [-0.2, -0.15) is 9.78 Å². The van der Waals surface area contributed by atoms with Crippen LogP contribution in [0.2, 0.25) is 0 Å². The highest BCUT2D eigenvalue weighted by Crippen LogP contribution is 2.37. The lowest BCUT2D eigenvalue weighted by Gasteiger charge is -2.16. The minimum absolute atomic E-state index is 0.00406. The highest BCUT2D eigenvalue weighted by atomic mass is 79.9. The molecule has 0 unspecified atom stereocenters. The summed E-state index contributed by atoms with van der Waals surface area (Å²) in [6.07, 6.45) is 2.47. The third kappa shape index (κ3) is 5.18. The van der Waals surface area contributed by atoms with Crippen molar-refractivity contribution < 1.29 is 9.47 Å². The molecule has 0 aliphatic heterocycles. The van der Waals surface area contributed by atoms with Gasteiger partial charge in [-0.3, -0.25) is 4.79 Å². The lowest BCUT2D eigenvalue weighted by atomic mass is 10.1. The number of methoxy groups -OCH3 is 1. The molecule has 0 amide bonds. The molecule has 164 valence electrons. The average molecular weight is 551 g/mol. The standard InChI is InChI=1S/C23H25Br2N3O3/c1-6-14(4)22-27-19-8-7-16(24)11-17(19)23(29)28(22)26-12-15-9-18(25)21(31-13(2)3)20(10-15)30-5/h7-14H,6H2,1-5H3/t14-/m0/s1. The zero-order chi connectivity index (χ0) is 22.7. The van der Waals surface area contributed by atoms with Crippen molar-refractivity contribution in [3.63, 3.8) is 0 Å². The summed E-state index contributed by atoms with van der Waals surface area (Å²) in [6, 6.07) is 9.20. The number of hydrogen-bond donors (Lipinski definition) is 0. The maximum absolute atomic E-state index is 13.2. The molecule has 8 heteroatoms. The fourth-order valence-corrected chi connectivity index (χ4v) is 3.98. The van der Waals surface area contributed by atoms with Crippen molar-refractivity contribution in [2.45, 2.75) is 46.1 Å². The topological polar surface area (TPSA) is 65.7 Å². The van der Waals surface area contributed by atoms with Crippen LogP contribution in [-0.2, 0) is 0 Å². The number of benzene rings is 2. The van der Waals surface area contributed by atoms with Crippen LogP contribution in [0.3, 0.4) is 0 Å². The highest BCUT2D eigenvalue weighted by molar-refractivity contribution is 9.10. The van der Waals surface area contributed by atoms with E-state index in [2.05, 4.69) is 43.9 Å². The van der Waals surface area contributed by atoms with Gasteiger partial charge in [0.25, 0.3) is 5.56 Å². The summed E-state index contributed by atoms with van der Waals surface area (Å²) in [6.45, 7) is 8.01. The lowest BCUT2D eigenvalue weighted by molar-refractivity contribution is 0.228. The summed E-state index contributed by atoms with van der Waals surface area (Å²) in [5, 5.41) is 5.03. The predicted molar refractivity (Wildman–Crippen MR) is 132 cm³/mol. The first-order chi connectivity index (χ1) is 14.7. The minimum Gasteiger partial charge on any atom is -0.493 e. The van der Waals surface area contributed by atoms with Crippen LogP contribution in [0.4, 0.5) is 0 Å². The Bertz CT molecular complexity index is 1190. The normalized spacial score (nSPS) is 12.6. The van der Waals surface area contributed by atoms with Crippen LogP contribution in [0.25, 0.3) is 10.9 Å². The van der Waals surface area contributed by atoms with Gasteiger partial charge in [0, 0.05) is 10.4 Å². The molecule has 0 N–H and O–H groups in total. The van der Waals surface area contributed by atoms with Crippen molar-refractivity contribution in [3.8, 4) is 11.5 Å². The van der Waals surface area contributed by atoms with Gasteiger partial charge in [-0.1, -0.05) is 29.8 Å². The molecule has 3 aromatic rings. The van der Waals surface area contributed by atoms with Gasteiger partial charge in [0.1, 0.15) is 5.82 Å². The van der Waals surface area contributed by atoms with E-state index < -0.39 is 0 Å². The van der Waals surface area contributed by atoms with E-state index in [0.717, 1.165) is 20.9 Å². The zero-order valence-corrected chi connectivity index (χ0v) is 21.3. The van der Waals surface area contributed by atoms with Crippen LogP contribution in [0.1, 0.15) is 51.4 Å². The summed E-state index contributed by atoms with van der Waals surface area (Å²) >= 11 is 6.97. The quantitative estimate of drug-likeness (QED) is 0.333. The highest BCUT2D eigenvalue weighted by Gasteiger charge is 2.16. The van der Waals surface area contributed by atoms with Gasteiger partial charge in [-0.05, 0) is 72.1 Å². The Kier molecular flexibility index (Phi) is 7.54. The van der Waals surface area contributed by atoms with E-state index in [1.165, 1.54) is 4.68 Å². The molecule has 6 nitrogen and oxygen atoms in total. The molecule has 0 fully saturated rings. The molecule has 2 aromatic carbocycles. The Morgan fingerprint density at radius 2 is 1.94 bits per heavy atom. The molecule has 3 rings (SSSR count). The first-order valence-electron chi connectivity index (χ1n) is 10.1. The predicted octanol–water partition coefficient (Wildman–Crippen LogP) is 6.11. The molecule has 0 radical (unpaired) electrons. The summed E-state index contributed by atoms with van der Waals surface area (Å²) in [5.74, 6) is 1.91. The maximum Gasteiger partial charge on any atom is 0.282 e. The minimum atomic E-state index is -0.205. The number of rotatable bonds is 7. The van der Waals surface area contributed by atoms with E-state index in [1.54, 1.807) is 19.4 Å². The summed E-state index contributed by atoms with van der Waals surface area (Å²) in [7, 11) is 1.59. The molecule has 0 saturated heterocycles. The second-order valence-corrected chi connectivity index (χ2v) is 9.27. The number of ether oxygens (including phenoxy) is 2. The molecule has 1 atom stereocenters. The van der Waals surface area contributed by atoms with Crippen molar-refractivity contribution in [3.05, 3.63) is 61.0 Å². The van der Waals surface area contributed by atoms with Crippen molar-refractivity contribution >= 4 is 49.0 Å². The molecule has 0 aliphatic carbocycles. The van der Waals surface area contributed by atoms with Crippen LogP contribution >= 0.6 is 31.9 Å². The van der Waals surface area contributed by atoms with E-state index in [-0.39, 0.29) is 17.6 Å². The monoisotopic (exact) mass is 549 g/mol. The Morgan fingerprint density at radius 1 is 1.19 bits per heavy atom. The third-order valence-corrected chi connectivity index (χ3v) is 5.90. The Morgan fingerprint density at radius 3 is 2.58 bits per heavy atom. The molecule has 0 spiro atoms. The van der Waals surface area contributed by atoms with Gasteiger partial charge in [-0.25, -0.2) is 4.98 Å². The number of hydrogen-bond acceptors (Lipinski definition) is 5. The van der Waals surface area contributed by atoms with E-state index in [1.807, 2.05) is 45.0 Å². The SMILES string of the molecule is CC[C@H](C)c1nc2ccc(Br)cc2c(=O)n1N=Cc1cc(Br)c(OC(C)C)c(OC)c1. The fourth-order valence-electron chi connectivity index (χ4n) is 3.07. The van der Waals surface area contributed by atoms with Gasteiger partial charge < -0.3 is 9.47 Å². The van der Waals surface area contributed by atoms with E-state index in [4.69, 9.17) is 14.5 Å². The molecule has 1 aromatic heterocycles. The maximum atomic E-state index is 13.2. The smallest absolute Gasteiger partial charge is 0.282 e. The molecule has 0 saturated carbocycles. The van der Waals surface area contributed by atoms with Crippen molar-refractivity contribution in [1.82, 2.24) is 9.66 Å². The third-order valence-electron chi connectivity index (χ3n) is 4.81. The number of fused-ring (bicyclic) bond motifs is 1. The summed E-state index contributed by atoms with van der Waals surface area (Å²) in [4.78, 5) is 18.0. The van der Waals surface area contributed by atoms with Crippen molar-refractivity contribution in [2.24, 2.45) is 5.10 Å². The molecule has 0 bridgehead atoms. The molecule has 0 aliphatic rings. The fraction of sp³-hybridized carbons (Fsp3) is 0.348. The molecular weight excluding hydrogens is 526 g/mol. The number of aromatic nitrogens is 2. The van der Waals surface area contributed by atoms with Gasteiger partial charge in [0.2, 0.25) is 0 Å². The summed E-state index contributed by atoms with van der Waals surface area (Å²) in [5.41, 5.74) is 1.22. The Hall–Kier alpha value is -2.19.